The maximum absolute atomic E-state index is 14.6. The molecule has 1 atom stereocenters. The second-order valence-corrected chi connectivity index (χ2v) is 5.05. The van der Waals surface area contributed by atoms with Crippen molar-refractivity contribution in [3.8, 4) is 0 Å². The van der Waals surface area contributed by atoms with E-state index in [4.69, 9.17) is 5.73 Å². The summed E-state index contributed by atoms with van der Waals surface area (Å²) in [6, 6.07) is 7.75. The lowest BCUT2D eigenvalue weighted by Gasteiger charge is -2.31. The molecule has 0 bridgehead atoms. The van der Waals surface area contributed by atoms with Crippen molar-refractivity contribution in [2.24, 2.45) is 11.1 Å². The van der Waals surface area contributed by atoms with Gasteiger partial charge in [-0.3, -0.25) is 0 Å². The van der Waals surface area contributed by atoms with E-state index in [9.17, 15) is 4.39 Å². The average molecular weight is 221 g/mol. The summed E-state index contributed by atoms with van der Waals surface area (Å²) in [5.74, 6) is 0. The van der Waals surface area contributed by atoms with E-state index in [1.54, 1.807) is 0 Å². The first-order valence-electron chi connectivity index (χ1n) is 6.09. The van der Waals surface area contributed by atoms with Crippen LogP contribution in [0.15, 0.2) is 24.3 Å². The Bertz CT molecular complexity index is 356. The highest BCUT2D eigenvalue weighted by atomic mass is 19.1. The summed E-state index contributed by atoms with van der Waals surface area (Å²) in [5.41, 5.74) is 7.42. The number of alkyl halides is 1. The number of hydrogen-bond acceptors (Lipinski definition) is 1. The number of nitrogens with two attached hydrogens (primary N) is 1. The maximum atomic E-state index is 14.6. The Morgan fingerprint density at radius 1 is 1.38 bits per heavy atom. The molecule has 1 aliphatic rings. The van der Waals surface area contributed by atoms with Crippen LogP contribution < -0.4 is 5.73 Å². The monoisotopic (exact) mass is 221 g/mol. The van der Waals surface area contributed by atoms with Gasteiger partial charge in [0, 0.05) is 12.0 Å². The third-order valence-electron chi connectivity index (χ3n) is 3.88. The highest BCUT2D eigenvalue weighted by Crippen LogP contribution is 2.48. The Balaban J connectivity index is 2.26. The summed E-state index contributed by atoms with van der Waals surface area (Å²) in [6.07, 6.45) is 3.18. The summed E-state index contributed by atoms with van der Waals surface area (Å²) in [5, 5.41) is 0. The van der Waals surface area contributed by atoms with E-state index in [0.29, 0.717) is 6.54 Å². The fraction of sp³-hybridized carbons (Fsp3) is 0.571. The molecule has 1 aromatic rings. The van der Waals surface area contributed by atoms with Gasteiger partial charge in [0.05, 0.1) is 0 Å². The molecule has 16 heavy (non-hydrogen) atoms. The number of hydrogen-bond donors (Lipinski definition) is 1. The summed E-state index contributed by atoms with van der Waals surface area (Å²) in [7, 11) is 0. The molecular formula is C14H20FN. The van der Waals surface area contributed by atoms with Gasteiger partial charge in [0.15, 0.2) is 0 Å². The van der Waals surface area contributed by atoms with Crippen LogP contribution in [0.1, 0.15) is 43.0 Å². The van der Waals surface area contributed by atoms with Crippen molar-refractivity contribution in [1.82, 2.24) is 0 Å². The fourth-order valence-electron chi connectivity index (χ4n) is 2.82. The molecule has 0 aliphatic heterocycles. The normalized spacial score (nSPS) is 20.9. The van der Waals surface area contributed by atoms with Crippen LogP contribution in [-0.4, -0.2) is 6.54 Å². The second-order valence-electron chi connectivity index (χ2n) is 5.05. The minimum Gasteiger partial charge on any atom is -0.330 e. The number of halogens is 1. The fourth-order valence-corrected chi connectivity index (χ4v) is 2.82. The van der Waals surface area contributed by atoms with Gasteiger partial charge in [-0.15, -0.1) is 0 Å². The summed E-state index contributed by atoms with van der Waals surface area (Å²) >= 11 is 0. The topological polar surface area (TPSA) is 26.0 Å². The Morgan fingerprint density at radius 2 is 2.06 bits per heavy atom. The predicted molar refractivity (Wildman–Crippen MR) is 65.0 cm³/mol. The number of aryl methyl sites for hydroxylation is 1. The van der Waals surface area contributed by atoms with Crippen LogP contribution in [0.3, 0.4) is 0 Å². The average Bonchev–Trinajstić information content (AvgIpc) is 2.78. The van der Waals surface area contributed by atoms with Crippen LogP contribution in [-0.2, 0) is 0 Å². The zero-order valence-corrected chi connectivity index (χ0v) is 9.88. The Morgan fingerprint density at radius 3 is 2.62 bits per heavy atom. The van der Waals surface area contributed by atoms with Gasteiger partial charge < -0.3 is 5.73 Å². The van der Waals surface area contributed by atoms with Crippen LogP contribution in [0.4, 0.5) is 4.39 Å². The molecule has 0 spiro atoms. The first-order valence-corrected chi connectivity index (χ1v) is 6.09. The Hall–Kier alpha value is -0.890. The van der Waals surface area contributed by atoms with Gasteiger partial charge in [0.1, 0.15) is 6.17 Å². The van der Waals surface area contributed by atoms with Gasteiger partial charge in [-0.05, 0) is 25.3 Å². The molecule has 0 saturated heterocycles. The summed E-state index contributed by atoms with van der Waals surface area (Å²) in [6.45, 7) is 2.46. The van der Waals surface area contributed by atoms with Gasteiger partial charge in [-0.1, -0.05) is 42.7 Å². The predicted octanol–water partition coefficient (Wildman–Crippen LogP) is 3.52. The van der Waals surface area contributed by atoms with E-state index in [-0.39, 0.29) is 5.41 Å². The van der Waals surface area contributed by atoms with E-state index in [2.05, 4.69) is 0 Å². The van der Waals surface area contributed by atoms with Gasteiger partial charge in [-0.25, -0.2) is 4.39 Å². The van der Waals surface area contributed by atoms with Crippen LogP contribution >= 0.6 is 0 Å². The molecule has 2 rings (SSSR count). The molecule has 1 fully saturated rings. The van der Waals surface area contributed by atoms with Crippen molar-refractivity contribution in [1.29, 1.82) is 0 Å². The molecule has 1 saturated carbocycles. The van der Waals surface area contributed by atoms with E-state index in [0.717, 1.165) is 36.8 Å². The Labute approximate surface area is 96.9 Å². The highest BCUT2D eigenvalue weighted by molar-refractivity contribution is 5.26. The summed E-state index contributed by atoms with van der Waals surface area (Å²) in [4.78, 5) is 0. The van der Waals surface area contributed by atoms with Gasteiger partial charge in [0.25, 0.3) is 0 Å². The SMILES string of the molecule is Cc1cccc(C(F)C2(CN)CCCC2)c1. The molecule has 1 aliphatic carbocycles. The van der Waals surface area contributed by atoms with Crippen LogP contribution in [0.25, 0.3) is 0 Å². The van der Waals surface area contributed by atoms with Crippen LogP contribution in [0.5, 0.6) is 0 Å². The lowest BCUT2D eigenvalue weighted by atomic mass is 9.78. The van der Waals surface area contributed by atoms with E-state index in [1.807, 2.05) is 31.2 Å². The molecule has 1 nitrogen and oxygen atoms in total. The molecule has 1 aromatic carbocycles. The van der Waals surface area contributed by atoms with E-state index in [1.165, 1.54) is 0 Å². The van der Waals surface area contributed by atoms with Crippen molar-refractivity contribution in [2.45, 2.75) is 38.8 Å². The quantitative estimate of drug-likeness (QED) is 0.830. The smallest absolute Gasteiger partial charge is 0.132 e. The zero-order valence-electron chi connectivity index (χ0n) is 9.88. The third kappa shape index (κ3) is 1.99. The minimum atomic E-state index is -0.903. The molecule has 2 N–H and O–H groups in total. The molecule has 2 heteroatoms. The van der Waals surface area contributed by atoms with Crippen molar-refractivity contribution >= 4 is 0 Å². The maximum Gasteiger partial charge on any atom is 0.132 e. The standard InChI is InChI=1S/C14H20FN/c1-11-5-4-6-12(9-11)13(15)14(10-16)7-2-3-8-14/h4-6,9,13H,2-3,7-8,10,16H2,1H3. The molecule has 0 radical (unpaired) electrons. The van der Waals surface area contributed by atoms with E-state index >= 15 is 0 Å². The van der Waals surface area contributed by atoms with Gasteiger partial charge in [-0.2, -0.15) is 0 Å². The van der Waals surface area contributed by atoms with Crippen LogP contribution in [0.2, 0.25) is 0 Å². The molecule has 0 heterocycles. The molecule has 0 amide bonds. The molecule has 1 unspecified atom stereocenters. The first-order chi connectivity index (χ1) is 7.68. The second kappa shape index (κ2) is 4.54. The van der Waals surface area contributed by atoms with Gasteiger partial charge in [0.2, 0.25) is 0 Å². The number of rotatable bonds is 3. The first kappa shape index (κ1) is 11.6. The highest BCUT2D eigenvalue weighted by Gasteiger charge is 2.41. The van der Waals surface area contributed by atoms with Crippen molar-refractivity contribution < 1.29 is 4.39 Å². The lowest BCUT2D eigenvalue weighted by Crippen LogP contribution is -2.32. The summed E-state index contributed by atoms with van der Waals surface area (Å²) < 4.78 is 14.6. The molecule has 0 aromatic heterocycles. The van der Waals surface area contributed by atoms with Crippen molar-refractivity contribution in [3.05, 3.63) is 35.4 Å². The third-order valence-corrected chi connectivity index (χ3v) is 3.88. The minimum absolute atomic E-state index is 0.298. The van der Waals surface area contributed by atoms with Crippen LogP contribution in [0, 0.1) is 12.3 Å². The van der Waals surface area contributed by atoms with E-state index < -0.39 is 6.17 Å². The number of benzene rings is 1. The largest absolute Gasteiger partial charge is 0.330 e. The van der Waals surface area contributed by atoms with Crippen molar-refractivity contribution in [2.75, 3.05) is 6.54 Å². The molecule has 88 valence electrons. The molecular weight excluding hydrogens is 201 g/mol. The zero-order chi connectivity index (χ0) is 11.6. The van der Waals surface area contributed by atoms with Crippen molar-refractivity contribution in [3.63, 3.8) is 0 Å². The van der Waals surface area contributed by atoms with Gasteiger partial charge >= 0.3 is 0 Å². The Kier molecular flexibility index (Phi) is 3.29. The lowest BCUT2D eigenvalue weighted by molar-refractivity contribution is 0.119.